The van der Waals surface area contributed by atoms with Gasteiger partial charge in [0.25, 0.3) is 5.56 Å². The van der Waals surface area contributed by atoms with E-state index >= 15 is 0 Å². The number of nitrogens with one attached hydrogen (secondary N) is 1. The van der Waals surface area contributed by atoms with E-state index in [0.29, 0.717) is 38.9 Å². The van der Waals surface area contributed by atoms with Crippen LogP contribution in [-0.2, 0) is 11.2 Å². The van der Waals surface area contributed by atoms with E-state index in [1.165, 1.54) is 17.3 Å². The fraction of sp³-hybridized carbons (Fsp3) is 0.100. The van der Waals surface area contributed by atoms with Crippen molar-refractivity contribution in [2.75, 3.05) is 11.1 Å². The first-order valence-corrected chi connectivity index (χ1v) is 13.0. The zero-order valence-electron chi connectivity index (χ0n) is 20.3. The van der Waals surface area contributed by atoms with Gasteiger partial charge in [0.05, 0.1) is 28.0 Å². The fourth-order valence-corrected chi connectivity index (χ4v) is 4.72. The van der Waals surface area contributed by atoms with Gasteiger partial charge in [-0.15, -0.1) is 0 Å². The largest absolute Gasteiger partial charge is 0.455 e. The summed E-state index contributed by atoms with van der Waals surface area (Å²) in [7, 11) is 0. The van der Waals surface area contributed by atoms with E-state index < -0.39 is 0 Å². The SMILES string of the molecule is CCc1ccc(-n2c(SCC(=O)Nc3ccccc3Oc3ccccc3)nc3ccccc3c2=O)cc1. The number of para-hydroxylation sites is 4. The van der Waals surface area contributed by atoms with Crippen molar-refractivity contribution in [3.8, 4) is 17.2 Å². The summed E-state index contributed by atoms with van der Waals surface area (Å²) in [5, 5.41) is 3.91. The lowest BCUT2D eigenvalue weighted by Gasteiger charge is -2.14. The summed E-state index contributed by atoms with van der Waals surface area (Å²) in [5.74, 6) is 1.06. The highest BCUT2D eigenvalue weighted by atomic mass is 32.2. The number of ether oxygens (including phenoxy) is 1. The monoisotopic (exact) mass is 507 g/mol. The summed E-state index contributed by atoms with van der Waals surface area (Å²) in [6, 6.07) is 31.8. The number of rotatable bonds is 8. The molecule has 184 valence electrons. The van der Waals surface area contributed by atoms with Crippen molar-refractivity contribution >= 4 is 34.3 Å². The van der Waals surface area contributed by atoms with Crippen LogP contribution in [0.5, 0.6) is 11.5 Å². The minimum atomic E-state index is -0.232. The zero-order valence-corrected chi connectivity index (χ0v) is 21.1. The van der Waals surface area contributed by atoms with E-state index in [-0.39, 0.29) is 17.2 Å². The number of carbonyl (C=O) groups excluding carboxylic acids is 1. The minimum Gasteiger partial charge on any atom is -0.455 e. The number of fused-ring (bicyclic) bond motifs is 1. The third-order valence-electron chi connectivity index (χ3n) is 5.81. The maximum atomic E-state index is 13.5. The Morgan fingerprint density at radius 1 is 0.892 bits per heavy atom. The van der Waals surface area contributed by atoms with Gasteiger partial charge in [-0.1, -0.05) is 73.3 Å². The predicted octanol–water partition coefficient (Wildman–Crippen LogP) is 6.47. The molecule has 1 heterocycles. The Morgan fingerprint density at radius 2 is 1.59 bits per heavy atom. The molecule has 0 spiro atoms. The van der Waals surface area contributed by atoms with Gasteiger partial charge in [0.15, 0.2) is 10.9 Å². The standard InChI is InChI=1S/C30H25N3O3S/c1-2-21-16-18-22(19-17-21)33-29(35)24-12-6-7-13-25(24)32-30(33)37-20-28(34)31-26-14-8-9-15-27(26)36-23-10-4-3-5-11-23/h3-19H,2,20H2,1H3,(H,31,34). The lowest BCUT2D eigenvalue weighted by molar-refractivity contribution is -0.113. The summed E-state index contributed by atoms with van der Waals surface area (Å²) in [6.45, 7) is 2.09. The maximum Gasteiger partial charge on any atom is 0.266 e. The van der Waals surface area contributed by atoms with Crippen LogP contribution >= 0.6 is 11.8 Å². The molecule has 6 nitrogen and oxygen atoms in total. The van der Waals surface area contributed by atoms with E-state index in [9.17, 15) is 9.59 Å². The number of carbonyl (C=O) groups is 1. The lowest BCUT2D eigenvalue weighted by atomic mass is 10.1. The third-order valence-corrected chi connectivity index (χ3v) is 6.75. The van der Waals surface area contributed by atoms with Crippen LogP contribution in [0.15, 0.2) is 113 Å². The van der Waals surface area contributed by atoms with Gasteiger partial charge in [-0.3, -0.25) is 14.2 Å². The van der Waals surface area contributed by atoms with Crippen LogP contribution in [0.2, 0.25) is 0 Å². The second kappa shape index (κ2) is 11.1. The molecule has 1 amide bonds. The number of anilines is 1. The van der Waals surface area contributed by atoms with Gasteiger partial charge in [-0.2, -0.15) is 0 Å². The van der Waals surface area contributed by atoms with Crippen molar-refractivity contribution in [2.24, 2.45) is 0 Å². The molecular weight excluding hydrogens is 482 g/mol. The molecule has 0 bridgehead atoms. The molecule has 0 atom stereocenters. The van der Waals surface area contributed by atoms with Gasteiger partial charge in [-0.05, 0) is 60.5 Å². The van der Waals surface area contributed by atoms with E-state index in [1.54, 1.807) is 22.8 Å². The van der Waals surface area contributed by atoms with Crippen molar-refractivity contribution in [3.63, 3.8) is 0 Å². The van der Waals surface area contributed by atoms with Crippen molar-refractivity contribution in [1.82, 2.24) is 9.55 Å². The highest BCUT2D eigenvalue weighted by Crippen LogP contribution is 2.29. The summed E-state index contributed by atoms with van der Waals surface area (Å²) in [6.07, 6.45) is 0.905. The molecule has 0 aliphatic rings. The molecule has 7 heteroatoms. The molecule has 5 rings (SSSR count). The molecule has 0 aliphatic carbocycles. The smallest absolute Gasteiger partial charge is 0.266 e. The quantitative estimate of drug-likeness (QED) is 0.192. The Balaban J connectivity index is 1.40. The number of hydrogen-bond acceptors (Lipinski definition) is 5. The number of nitrogens with zero attached hydrogens (tertiary/aromatic N) is 2. The molecule has 37 heavy (non-hydrogen) atoms. The topological polar surface area (TPSA) is 73.2 Å². The maximum absolute atomic E-state index is 13.5. The Kier molecular flexibility index (Phi) is 7.33. The molecule has 1 aromatic heterocycles. The molecule has 0 saturated heterocycles. The van der Waals surface area contributed by atoms with Gasteiger partial charge in [-0.25, -0.2) is 4.98 Å². The minimum absolute atomic E-state index is 0.0670. The van der Waals surface area contributed by atoms with E-state index in [0.717, 1.165) is 6.42 Å². The normalized spacial score (nSPS) is 10.8. The number of aryl methyl sites for hydroxylation is 1. The van der Waals surface area contributed by atoms with Crippen LogP contribution in [0.4, 0.5) is 5.69 Å². The number of benzene rings is 4. The highest BCUT2D eigenvalue weighted by molar-refractivity contribution is 7.99. The number of aromatic nitrogens is 2. The van der Waals surface area contributed by atoms with E-state index in [1.807, 2.05) is 84.9 Å². The first-order valence-electron chi connectivity index (χ1n) is 12.0. The molecule has 0 aliphatic heterocycles. The Hall–Kier alpha value is -4.36. The van der Waals surface area contributed by atoms with Crippen molar-refractivity contribution in [1.29, 1.82) is 0 Å². The third kappa shape index (κ3) is 5.57. The number of amides is 1. The summed E-state index contributed by atoms with van der Waals surface area (Å²) >= 11 is 1.22. The molecule has 1 N–H and O–H groups in total. The van der Waals surface area contributed by atoms with Gasteiger partial charge >= 0.3 is 0 Å². The van der Waals surface area contributed by atoms with Crippen LogP contribution in [0.3, 0.4) is 0 Å². The molecule has 0 fully saturated rings. The Morgan fingerprint density at radius 3 is 2.38 bits per heavy atom. The van der Waals surface area contributed by atoms with Gasteiger partial charge in [0.1, 0.15) is 5.75 Å². The second-order valence-electron chi connectivity index (χ2n) is 8.32. The molecule has 0 saturated carbocycles. The van der Waals surface area contributed by atoms with Crippen LogP contribution in [0.25, 0.3) is 16.6 Å². The molecule has 0 unspecified atom stereocenters. The lowest BCUT2D eigenvalue weighted by Crippen LogP contribution is -2.23. The predicted molar refractivity (Wildman–Crippen MR) is 149 cm³/mol. The molecule has 5 aromatic rings. The van der Waals surface area contributed by atoms with Crippen LogP contribution in [0.1, 0.15) is 12.5 Å². The zero-order chi connectivity index (χ0) is 25.6. The van der Waals surface area contributed by atoms with Crippen LogP contribution in [-0.4, -0.2) is 21.2 Å². The first kappa shape index (κ1) is 24.3. The van der Waals surface area contributed by atoms with E-state index in [4.69, 9.17) is 9.72 Å². The average Bonchev–Trinajstić information content (AvgIpc) is 2.94. The Bertz CT molecular complexity index is 1600. The summed E-state index contributed by atoms with van der Waals surface area (Å²) < 4.78 is 7.53. The summed E-state index contributed by atoms with van der Waals surface area (Å²) in [5.41, 5.74) is 2.88. The second-order valence-corrected chi connectivity index (χ2v) is 9.26. The first-order chi connectivity index (χ1) is 18.1. The van der Waals surface area contributed by atoms with Crippen molar-refractivity contribution < 1.29 is 9.53 Å². The van der Waals surface area contributed by atoms with Gasteiger partial charge in [0.2, 0.25) is 5.91 Å². The molecular formula is C30H25N3O3S. The summed E-state index contributed by atoms with van der Waals surface area (Å²) in [4.78, 5) is 31.1. The van der Waals surface area contributed by atoms with E-state index in [2.05, 4.69) is 12.2 Å². The van der Waals surface area contributed by atoms with Gasteiger partial charge < -0.3 is 10.1 Å². The fourth-order valence-electron chi connectivity index (χ4n) is 3.91. The van der Waals surface area contributed by atoms with Gasteiger partial charge in [0, 0.05) is 0 Å². The number of hydrogen-bond donors (Lipinski definition) is 1. The average molecular weight is 508 g/mol. The number of thioether (sulfide) groups is 1. The van der Waals surface area contributed by atoms with Crippen LogP contribution < -0.4 is 15.6 Å². The molecule has 0 radical (unpaired) electrons. The van der Waals surface area contributed by atoms with Crippen molar-refractivity contribution in [3.05, 3.63) is 119 Å². The van der Waals surface area contributed by atoms with Crippen LogP contribution in [0, 0.1) is 0 Å². The highest BCUT2D eigenvalue weighted by Gasteiger charge is 2.16. The van der Waals surface area contributed by atoms with Crippen molar-refractivity contribution in [2.45, 2.75) is 18.5 Å². The Labute approximate surface area is 219 Å². The molecule has 4 aromatic carbocycles.